The number of carboxylic acids is 1. The number of amides is 2. The van der Waals surface area contributed by atoms with E-state index in [1.165, 1.54) is 0 Å². The molecule has 6 heteroatoms. The van der Waals surface area contributed by atoms with Gasteiger partial charge in [-0.15, -0.1) is 0 Å². The van der Waals surface area contributed by atoms with Gasteiger partial charge in [0.15, 0.2) is 0 Å². The van der Waals surface area contributed by atoms with Gasteiger partial charge in [-0.05, 0) is 32.1 Å². The zero-order valence-electron chi connectivity index (χ0n) is 12.6. The van der Waals surface area contributed by atoms with Gasteiger partial charge in [-0.3, -0.25) is 14.4 Å². The lowest BCUT2D eigenvalue weighted by Crippen LogP contribution is -2.54. The highest BCUT2D eigenvalue weighted by molar-refractivity contribution is 5.88. The van der Waals surface area contributed by atoms with Crippen LogP contribution in [0.25, 0.3) is 0 Å². The molecule has 0 aromatic heterocycles. The number of aliphatic carboxylic acids is 1. The zero-order chi connectivity index (χ0) is 15.4. The Hall–Kier alpha value is -1.59. The Balaban J connectivity index is 1.98. The third-order valence-corrected chi connectivity index (χ3v) is 4.57. The first-order chi connectivity index (χ1) is 10.0. The Morgan fingerprint density at radius 2 is 1.71 bits per heavy atom. The molecule has 2 aliphatic heterocycles. The summed E-state index contributed by atoms with van der Waals surface area (Å²) in [6, 6.07) is -0.340. The van der Waals surface area contributed by atoms with E-state index in [2.05, 4.69) is 0 Å². The second kappa shape index (κ2) is 6.91. The van der Waals surface area contributed by atoms with Crippen LogP contribution in [0.5, 0.6) is 0 Å². The Morgan fingerprint density at radius 1 is 1.05 bits per heavy atom. The number of carbonyl (C=O) groups is 3. The zero-order valence-corrected chi connectivity index (χ0v) is 12.6. The normalized spacial score (nSPS) is 24.0. The van der Waals surface area contributed by atoms with E-state index < -0.39 is 5.97 Å². The number of carboxylic acid groups (broad SMARTS) is 1. The molecule has 0 spiro atoms. The first-order valence-electron chi connectivity index (χ1n) is 7.85. The molecule has 2 fully saturated rings. The van der Waals surface area contributed by atoms with Gasteiger partial charge >= 0.3 is 5.97 Å². The molecular weight excluding hydrogens is 272 g/mol. The van der Waals surface area contributed by atoms with Crippen molar-refractivity contribution in [2.45, 2.75) is 51.5 Å². The quantitative estimate of drug-likeness (QED) is 0.846. The molecule has 2 amide bonds. The maximum Gasteiger partial charge on any atom is 0.306 e. The standard InChI is InChI=1S/C15H24N2O4/c1-2-13(18)17-8-4-3-5-12(17)14(19)16-9-6-11(7-10-16)15(20)21/h11-12H,2-10H2,1H3,(H,20,21)/t12-/m0/s1. The van der Waals surface area contributed by atoms with E-state index in [9.17, 15) is 14.4 Å². The van der Waals surface area contributed by atoms with Crippen LogP contribution in [0.15, 0.2) is 0 Å². The molecule has 0 aromatic rings. The summed E-state index contributed by atoms with van der Waals surface area (Å²) in [7, 11) is 0. The van der Waals surface area contributed by atoms with Crippen LogP contribution in [-0.2, 0) is 14.4 Å². The van der Waals surface area contributed by atoms with Gasteiger partial charge in [0.25, 0.3) is 0 Å². The van der Waals surface area contributed by atoms with Crippen molar-refractivity contribution in [3.8, 4) is 0 Å². The second-order valence-electron chi connectivity index (χ2n) is 5.89. The molecule has 0 bridgehead atoms. The minimum atomic E-state index is -0.775. The molecule has 118 valence electrons. The summed E-state index contributed by atoms with van der Waals surface area (Å²) in [5.41, 5.74) is 0. The van der Waals surface area contributed by atoms with E-state index >= 15 is 0 Å². The first kappa shape index (κ1) is 15.8. The predicted octanol–water partition coefficient (Wildman–Crippen LogP) is 1.10. The summed E-state index contributed by atoms with van der Waals surface area (Å²) in [5.74, 6) is -1.08. The van der Waals surface area contributed by atoms with Crippen molar-refractivity contribution in [2.24, 2.45) is 5.92 Å². The largest absolute Gasteiger partial charge is 0.481 e. The van der Waals surface area contributed by atoms with Crippen LogP contribution in [0.4, 0.5) is 0 Å². The van der Waals surface area contributed by atoms with E-state index in [-0.39, 0.29) is 23.8 Å². The highest BCUT2D eigenvalue weighted by Crippen LogP contribution is 2.23. The van der Waals surface area contributed by atoms with Crippen LogP contribution in [0.1, 0.15) is 45.4 Å². The highest BCUT2D eigenvalue weighted by Gasteiger charge is 2.36. The number of likely N-dealkylation sites (tertiary alicyclic amines) is 2. The van der Waals surface area contributed by atoms with E-state index in [4.69, 9.17) is 5.11 Å². The number of hydrogen-bond donors (Lipinski definition) is 1. The van der Waals surface area contributed by atoms with Crippen molar-refractivity contribution in [1.29, 1.82) is 0 Å². The summed E-state index contributed by atoms with van der Waals surface area (Å²) in [5, 5.41) is 9.00. The van der Waals surface area contributed by atoms with E-state index in [1.807, 2.05) is 6.92 Å². The molecular formula is C15H24N2O4. The molecule has 6 nitrogen and oxygen atoms in total. The van der Waals surface area contributed by atoms with Gasteiger partial charge in [-0.2, -0.15) is 0 Å². The molecule has 2 rings (SSSR count). The number of hydrogen-bond acceptors (Lipinski definition) is 3. The molecule has 0 aromatic carbocycles. The third kappa shape index (κ3) is 3.54. The number of piperidine rings is 2. The summed E-state index contributed by atoms with van der Waals surface area (Å²) in [6.45, 7) is 3.45. The van der Waals surface area contributed by atoms with E-state index in [1.54, 1.807) is 9.80 Å². The van der Waals surface area contributed by atoms with Gasteiger partial charge in [0.05, 0.1) is 5.92 Å². The Morgan fingerprint density at radius 3 is 2.29 bits per heavy atom. The van der Waals surface area contributed by atoms with Crippen LogP contribution in [0, 0.1) is 5.92 Å². The Labute approximate surface area is 125 Å². The third-order valence-electron chi connectivity index (χ3n) is 4.57. The molecule has 0 unspecified atom stereocenters. The fourth-order valence-corrected chi connectivity index (χ4v) is 3.25. The van der Waals surface area contributed by atoms with E-state index in [0.717, 1.165) is 19.3 Å². The summed E-state index contributed by atoms with van der Waals surface area (Å²) >= 11 is 0. The maximum absolute atomic E-state index is 12.6. The molecule has 0 aliphatic carbocycles. The summed E-state index contributed by atoms with van der Waals surface area (Å²) < 4.78 is 0. The van der Waals surface area contributed by atoms with Gasteiger partial charge in [0, 0.05) is 26.1 Å². The lowest BCUT2D eigenvalue weighted by molar-refractivity contribution is -0.150. The average molecular weight is 296 g/mol. The SMILES string of the molecule is CCC(=O)N1CCCC[C@H]1C(=O)N1CCC(C(=O)O)CC1. The number of nitrogens with zero attached hydrogens (tertiary/aromatic N) is 2. The molecule has 1 N–H and O–H groups in total. The average Bonchev–Trinajstić information content (AvgIpc) is 2.53. The topological polar surface area (TPSA) is 77.9 Å². The van der Waals surface area contributed by atoms with Gasteiger partial charge in [0.2, 0.25) is 11.8 Å². The minimum Gasteiger partial charge on any atom is -0.481 e. The lowest BCUT2D eigenvalue weighted by atomic mass is 9.95. The predicted molar refractivity (Wildman–Crippen MR) is 76.6 cm³/mol. The fraction of sp³-hybridized carbons (Fsp3) is 0.800. The molecule has 2 aliphatic rings. The first-order valence-corrected chi connectivity index (χ1v) is 7.85. The fourth-order valence-electron chi connectivity index (χ4n) is 3.25. The van der Waals surface area contributed by atoms with Crippen LogP contribution < -0.4 is 0 Å². The van der Waals surface area contributed by atoms with Crippen molar-refractivity contribution in [2.75, 3.05) is 19.6 Å². The second-order valence-corrected chi connectivity index (χ2v) is 5.89. The Bertz CT molecular complexity index is 416. The minimum absolute atomic E-state index is 0.000314. The molecule has 21 heavy (non-hydrogen) atoms. The van der Waals surface area contributed by atoms with Crippen LogP contribution in [-0.4, -0.2) is 58.4 Å². The monoisotopic (exact) mass is 296 g/mol. The van der Waals surface area contributed by atoms with Crippen molar-refractivity contribution in [3.05, 3.63) is 0 Å². The lowest BCUT2D eigenvalue weighted by Gasteiger charge is -2.39. The molecule has 0 radical (unpaired) electrons. The van der Waals surface area contributed by atoms with Crippen LogP contribution in [0.2, 0.25) is 0 Å². The summed E-state index contributed by atoms with van der Waals surface area (Å²) in [4.78, 5) is 39.0. The number of rotatable bonds is 3. The van der Waals surface area contributed by atoms with Gasteiger partial charge in [-0.1, -0.05) is 6.92 Å². The Kier molecular flexibility index (Phi) is 5.20. The van der Waals surface area contributed by atoms with Crippen molar-refractivity contribution in [1.82, 2.24) is 9.80 Å². The van der Waals surface area contributed by atoms with Crippen molar-refractivity contribution >= 4 is 17.8 Å². The van der Waals surface area contributed by atoms with Crippen molar-refractivity contribution in [3.63, 3.8) is 0 Å². The van der Waals surface area contributed by atoms with Crippen LogP contribution >= 0.6 is 0 Å². The van der Waals surface area contributed by atoms with Gasteiger partial charge < -0.3 is 14.9 Å². The molecule has 0 saturated carbocycles. The van der Waals surface area contributed by atoms with Crippen LogP contribution in [0.3, 0.4) is 0 Å². The molecule has 2 saturated heterocycles. The molecule has 2 heterocycles. The van der Waals surface area contributed by atoms with Gasteiger partial charge in [0.1, 0.15) is 6.04 Å². The van der Waals surface area contributed by atoms with Gasteiger partial charge in [-0.25, -0.2) is 0 Å². The maximum atomic E-state index is 12.6. The van der Waals surface area contributed by atoms with E-state index in [0.29, 0.717) is 38.9 Å². The summed E-state index contributed by atoms with van der Waals surface area (Å²) in [6.07, 6.45) is 4.09. The number of carbonyl (C=O) groups excluding carboxylic acids is 2. The molecule has 1 atom stereocenters. The smallest absolute Gasteiger partial charge is 0.306 e. The highest BCUT2D eigenvalue weighted by atomic mass is 16.4. The van der Waals surface area contributed by atoms with Crippen molar-refractivity contribution < 1.29 is 19.5 Å².